The molecule has 1 amide bonds. The van der Waals surface area contributed by atoms with Gasteiger partial charge in [0.25, 0.3) is 5.91 Å². The summed E-state index contributed by atoms with van der Waals surface area (Å²) in [6, 6.07) is 1.39. The van der Waals surface area contributed by atoms with Crippen LogP contribution in [0.25, 0.3) is 0 Å². The number of sulfonamides is 1. The van der Waals surface area contributed by atoms with E-state index in [4.69, 9.17) is 9.26 Å². The molecule has 0 aliphatic carbocycles. The second-order valence-corrected chi connectivity index (χ2v) is 9.13. The third kappa shape index (κ3) is 5.28. The van der Waals surface area contributed by atoms with Crippen LogP contribution in [0.15, 0.2) is 10.6 Å². The van der Waals surface area contributed by atoms with E-state index in [1.807, 2.05) is 0 Å². The summed E-state index contributed by atoms with van der Waals surface area (Å²) >= 11 is 0. The number of hydrogen-bond donors (Lipinski definition) is 0. The van der Waals surface area contributed by atoms with Crippen molar-refractivity contribution >= 4 is 15.9 Å². The van der Waals surface area contributed by atoms with Gasteiger partial charge in [0, 0.05) is 51.4 Å². The predicted molar refractivity (Wildman–Crippen MR) is 99.0 cm³/mol. The van der Waals surface area contributed by atoms with E-state index in [0.29, 0.717) is 45.2 Å². The molecular weight excluding hydrogens is 372 g/mol. The number of amides is 1. The quantitative estimate of drug-likeness (QED) is 0.672. The van der Waals surface area contributed by atoms with Crippen molar-refractivity contribution in [3.05, 3.63) is 17.5 Å². The van der Waals surface area contributed by atoms with Gasteiger partial charge in [0.15, 0.2) is 5.69 Å². The van der Waals surface area contributed by atoms with Gasteiger partial charge in [0.1, 0.15) is 5.76 Å². The number of aryl methyl sites for hydroxylation is 1. The fraction of sp³-hybridized carbons (Fsp3) is 0.765. The first-order valence-electron chi connectivity index (χ1n) is 9.34. The molecule has 0 saturated carbocycles. The number of piperidine rings is 1. The molecule has 0 radical (unpaired) electrons. The maximum Gasteiger partial charge on any atom is 0.276 e. The number of hydrogen-bond acceptors (Lipinski definition) is 7. The van der Waals surface area contributed by atoms with Crippen LogP contribution in [0.4, 0.5) is 0 Å². The zero-order valence-electron chi connectivity index (χ0n) is 16.0. The third-order valence-electron chi connectivity index (χ3n) is 5.10. The summed E-state index contributed by atoms with van der Waals surface area (Å²) in [6.45, 7) is 6.81. The molecule has 2 aliphatic rings. The van der Waals surface area contributed by atoms with Crippen LogP contribution in [0.1, 0.15) is 29.1 Å². The van der Waals surface area contributed by atoms with Crippen LogP contribution in [-0.4, -0.2) is 98.4 Å². The predicted octanol–water partition coefficient (Wildman–Crippen LogP) is 0.181. The molecule has 3 rings (SSSR count). The Hall–Kier alpha value is -1.49. The lowest BCUT2D eigenvalue weighted by Crippen LogP contribution is -2.53. The van der Waals surface area contributed by atoms with Gasteiger partial charge in [0.05, 0.1) is 19.5 Å². The van der Waals surface area contributed by atoms with Crippen molar-refractivity contribution in [1.29, 1.82) is 0 Å². The zero-order chi connectivity index (χ0) is 19.4. The minimum Gasteiger partial charge on any atom is -0.379 e. The molecule has 9 nitrogen and oxygen atoms in total. The number of rotatable bonds is 6. The summed E-state index contributed by atoms with van der Waals surface area (Å²) < 4.78 is 36.7. The Kier molecular flexibility index (Phi) is 6.51. The molecule has 0 spiro atoms. The van der Waals surface area contributed by atoms with Crippen LogP contribution in [0.3, 0.4) is 0 Å². The highest BCUT2D eigenvalue weighted by Crippen LogP contribution is 2.20. The lowest BCUT2D eigenvalue weighted by molar-refractivity contribution is 0.0333. The summed E-state index contributed by atoms with van der Waals surface area (Å²) in [6.07, 6.45) is 2.75. The van der Waals surface area contributed by atoms with Crippen molar-refractivity contribution in [1.82, 2.24) is 19.3 Å². The van der Waals surface area contributed by atoms with Gasteiger partial charge in [-0.3, -0.25) is 9.69 Å². The first-order valence-corrected chi connectivity index (χ1v) is 11.2. The molecule has 0 N–H and O–H groups in total. The summed E-state index contributed by atoms with van der Waals surface area (Å²) in [4.78, 5) is 16.5. The van der Waals surface area contributed by atoms with Crippen molar-refractivity contribution in [2.75, 3.05) is 58.7 Å². The standard InChI is InChI=1S/C17H28N4O5S/c1-14-12-16(18-26-14)17(22)20-5-3-4-15(13-20)21(27(2,23)24)7-6-19-8-10-25-11-9-19/h12,15H,3-11,13H2,1-2H3. The number of nitrogens with zero attached hydrogens (tertiary/aromatic N) is 4. The smallest absolute Gasteiger partial charge is 0.276 e. The van der Waals surface area contributed by atoms with Crippen LogP contribution in [-0.2, 0) is 14.8 Å². The van der Waals surface area contributed by atoms with E-state index >= 15 is 0 Å². The number of morpholine rings is 1. The first-order chi connectivity index (χ1) is 12.8. The number of carbonyl (C=O) groups is 1. The molecular formula is C17H28N4O5S. The van der Waals surface area contributed by atoms with Crippen LogP contribution in [0.2, 0.25) is 0 Å². The highest BCUT2D eigenvalue weighted by molar-refractivity contribution is 7.88. The van der Waals surface area contributed by atoms with E-state index in [1.165, 1.54) is 6.26 Å². The molecule has 27 heavy (non-hydrogen) atoms. The second kappa shape index (κ2) is 8.68. The lowest BCUT2D eigenvalue weighted by atomic mass is 10.1. The Morgan fingerprint density at radius 3 is 2.70 bits per heavy atom. The Morgan fingerprint density at radius 2 is 2.07 bits per heavy atom. The van der Waals surface area contributed by atoms with Crippen LogP contribution >= 0.6 is 0 Å². The fourth-order valence-electron chi connectivity index (χ4n) is 3.69. The molecule has 1 unspecified atom stereocenters. The van der Waals surface area contributed by atoms with Gasteiger partial charge in [-0.15, -0.1) is 0 Å². The Labute approximate surface area is 160 Å². The van der Waals surface area contributed by atoms with Crippen molar-refractivity contribution in [2.24, 2.45) is 0 Å². The highest BCUT2D eigenvalue weighted by atomic mass is 32.2. The number of aromatic nitrogens is 1. The van der Waals surface area contributed by atoms with Gasteiger partial charge < -0.3 is 14.2 Å². The number of carbonyl (C=O) groups excluding carboxylic acids is 1. The normalized spacial score (nSPS) is 22.3. The number of likely N-dealkylation sites (tertiary alicyclic amines) is 1. The van der Waals surface area contributed by atoms with Gasteiger partial charge >= 0.3 is 0 Å². The van der Waals surface area contributed by atoms with E-state index in [2.05, 4.69) is 10.1 Å². The Balaban J connectivity index is 1.65. The van der Waals surface area contributed by atoms with E-state index in [9.17, 15) is 13.2 Å². The molecule has 2 saturated heterocycles. The molecule has 2 fully saturated rings. The molecule has 1 aromatic heterocycles. The van der Waals surface area contributed by atoms with Gasteiger partial charge in [-0.05, 0) is 19.8 Å². The average Bonchev–Trinajstić information content (AvgIpc) is 3.08. The molecule has 3 heterocycles. The van der Waals surface area contributed by atoms with Crippen LogP contribution in [0, 0.1) is 6.92 Å². The first kappa shape index (κ1) is 20.2. The molecule has 10 heteroatoms. The largest absolute Gasteiger partial charge is 0.379 e. The average molecular weight is 401 g/mol. The van der Waals surface area contributed by atoms with E-state index in [0.717, 1.165) is 25.9 Å². The molecule has 2 aliphatic heterocycles. The molecule has 0 aromatic carbocycles. The minimum atomic E-state index is -3.37. The number of ether oxygens (including phenoxy) is 1. The van der Waals surface area contributed by atoms with Crippen molar-refractivity contribution < 1.29 is 22.5 Å². The Bertz CT molecular complexity index is 744. The third-order valence-corrected chi connectivity index (χ3v) is 6.44. The SMILES string of the molecule is Cc1cc(C(=O)N2CCCC(N(CCN3CCOCC3)S(C)(=O)=O)C2)no1. The summed E-state index contributed by atoms with van der Waals surface area (Å²) in [7, 11) is -3.37. The van der Waals surface area contributed by atoms with Crippen molar-refractivity contribution in [3.8, 4) is 0 Å². The van der Waals surface area contributed by atoms with E-state index in [-0.39, 0.29) is 17.6 Å². The Morgan fingerprint density at radius 1 is 1.33 bits per heavy atom. The van der Waals surface area contributed by atoms with Crippen molar-refractivity contribution in [2.45, 2.75) is 25.8 Å². The summed E-state index contributed by atoms with van der Waals surface area (Å²) in [5, 5.41) is 3.79. The zero-order valence-corrected chi connectivity index (χ0v) is 16.8. The van der Waals surface area contributed by atoms with Crippen LogP contribution in [0.5, 0.6) is 0 Å². The van der Waals surface area contributed by atoms with E-state index in [1.54, 1.807) is 22.2 Å². The topological polar surface area (TPSA) is 96.2 Å². The highest BCUT2D eigenvalue weighted by Gasteiger charge is 2.33. The molecule has 1 aromatic rings. The van der Waals surface area contributed by atoms with E-state index < -0.39 is 10.0 Å². The molecule has 152 valence electrons. The maximum atomic E-state index is 12.6. The monoisotopic (exact) mass is 400 g/mol. The second-order valence-electron chi connectivity index (χ2n) is 7.20. The van der Waals surface area contributed by atoms with Gasteiger partial charge in [-0.2, -0.15) is 4.31 Å². The van der Waals surface area contributed by atoms with Crippen molar-refractivity contribution in [3.63, 3.8) is 0 Å². The van der Waals surface area contributed by atoms with Crippen LogP contribution < -0.4 is 0 Å². The summed E-state index contributed by atoms with van der Waals surface area (Å²) in [5.41, 5.74) is 0.271. The van der Waals surface area contributed by atoms with Gasteiger partial charge in [-0.25, -0.2) is 8.42 Å². The molecule has 0 bridgehead atoms. The fourth-order valence-corrected chi connectivity index (χ4v) is 4.81. The minimum absolute atomic E-state index is 0.210. The van der Waals surface area contributed by atoms with Gasteiger partial charge in [0.2, 0.25) is 10.0 Å². The summed E-state index contributed by atoms with van der Waals surface area (Å²) in [5.74, 6) is 0.369. The molecule has 1 atom stereocenters. The maximum absolute atomic E-state index is 12.6. The lowest BCUT2D eigenvalue weighted by Gasteiger charge is -2.39. The van der Waals surface area contributed by atoms with Gasteiger partial charge in [-0.1, -0.05) is 5.16 Å².